The largest absolute Gasteiger partial charge is 0.389 e. The highest BCUT2D eigenvalue weighted by atomic mass is 32.1. The Morgan fingerprint density at radius 2 is 2.33 bits per heavy atom. The van der Waals surface area contributed by atoms with Gasteiger partial charge in [-0.2, -0.15) is 12.6 Å². The summed E-state index contributed by atoms with van der Waals surface area (Å²) in [5.74, 6) is 1.72. The lowest BCUT2D eigenvalue weighted by atomic mass is 10.2. The van der Waals surface area contributed by atoms with Gasteiger partial charge in [0.25, 0.3) is 0 Å². The molecule has 1 saturated heterocycles. The molecule has 0 aromatic carbocycles. The number of rotatable bonds is 3. The second-order valence-electron chi connectivity index (χ2n) is 3.76. The van der Waals surface area contributed by atoms with Crippen LogP contribution in [-0.4, -0.2) is 34.7 Å². The van der Waals surface area contributed by atoms with Crippen LogP contribution in [0.5, 0.6) is 0 Å². The summed E-state index contributed by atoms with van der Waals surface area (Å²) >= 11 is 4.24. The van der Waals surface area contributed by atoms with E-state index in [-0.39, 0.29) is 11.5 Å². The minimum Gasteiger partial charge on any atom is -0.389 e. The number of β-amino-alcohol motifs (C(OH)–C–C–N with tert-alkyl or cyclic N) is 1. The molecular weight excluding hydrogens is 210 g/mol. The quantitative estimate of drug-likeness (QED) is 0.529. The van der Waals surface area contributed by atoms with Crippen LogP contribution in [0.1, 0.15) is 6.92 Å². The number of anilines is 2. The zero-order valence-corrected chi connectivity index (χ0v) is 9.48. The Hall–Kier alpha value is -0.940. The summed E-state index contributed by atoms with van der Waals surface area (Å²) in [6, 6.07) is 5.80. The summed E-state index contributed by atoms with van der Waals surface area (Å²) in [7, 11) is 0. The Morgan fingerprint density at radius 3 is 2.93 bits per heavy atom. The highest BCUT2D eigenvalue weighted by Gasteiger charge is 2.25. The number of thiol groups is 1. The average Bonchev–Trinajstić information content (AvgIpc) is 2.12. The third-order valence-electron chi connectivity index (χ3n) is 2.28. The Bertz CT molecular complexity index is 339. The molecular formula is C10H15N3OS. The first-order valence-corrected chi connectivity index (χ1v) is 5.51. The number of aromatic nitrogens is 1. The molecule has 1 aromatic heterocycles. The zero-order chi connectivity index (χ0) is 10.8. The molecule has 0 radical (unpaired) electrons. The van der Waals surface area contributed by atoms with Crippen molar-refractivity contribution in [3.05, 3.63) is 18.2 Å². The molecule has 2 rings (SSSR count). The monoisotopic (exact) mass is 225 g/mol. The third kappa shape index (κ3) is 2.54. The van der Waals surface area contributed by atoms with Crippen molar-refractivity contribution in [2.45, 2.75) is 18.4 Å². The maximum atomic E-state index is 9.20. The standard InChI is InChI=1S/C10H15N3OS/c1-7(15)11-9-3-2-4-10(12-9)13-5-8(14)6-13/h2-4,7-8,14-15H,5-6H2,1H3,(H,11,12). The van der Waals surface area contributed by atoms with Crippen molar-refractivity contribution >= 4 is 24.3 Å². The lowest BCUT2D eigenvalue weighted by Gasteiger charge is -2.36. The van der Waals surface area contributed by atoms with Crippen molar-refractivity contribution in [3.8, 4) is 0 Å². The van der Waals surface area contributed by atoms with E-state index < -0.39 is 0 Å². The molecule has 2 heterocycles. The highest BCUT2D eigenvalue weighted by Crippen LogP contribution is 2.20. The first-order valence-electron chi connectivity index (χ1n) is 5.00. The topological polar surface area (TPSA) is 48.4 Å². The zero-order valence-electron chi connectivity index (χ0n) is 8.59. The molecule has 1 aliphatic heterocycles. The Labute approximate surface area is 94.7 Å². The predicted molar refractivity (Wildman–Crippen MR) is 64.5 cm³/mol. The summed E-state index contributed by atoms with van der Waals surface area (Å²) < 4.78 is 0. The maximum Gasteiger partial charge on any atom is 0.131 e. The number of hydrogen-bond donors (Lipinski definition) is 3. The smallest absolute Gasteiger partial charge is 0.131 e. The molecule has 0 aliphatic carbocycles. The van der Waals surface area contributed by atoms with Gasteiger partial charge in [-0.05, 0) is 19.1 Å². The fourth-order valence-electron chi connectivity index (χ4n) is 1.54. The lowest BCUT2D eigenvalue weighted by molar-refractivity contribution is 0.141. The first kappa shape index (κ1) is 10.6. The van der Waals surface area contributed by atoms with Gasteiger partial charge in [-0.1, -0.05) is 6.07 Å². The molecule has 0 spiro atoms. The van der Waals surface area contributed by atoms with Crippen LogP contribution in [0.2, 0.25) is 0 Å². The van der Waals surface area contributed by atoms with E-state index in [1.165, 1.54) is 0 Å². The SMILES string of the molecule is CC(S)Nc1cccc(N2CC(O)C2)n1. The Morgan fingerprint density at radius 1 is 1.60 bits per heavy atom. The van der Waals surface area contributed by atoms with Gasteiger partial charge >= 0.3 is 0 Å². The van der Waals surface area contributed by atoms with E-state index in [0.717, 1.165) is 11.6 Å². The summed E-state index contributed by atoms with van der Waals surface area (Å²) in [6.45, 7) is 3.30. The van der Waals surface area contributed by atoms with Crippen LogP contribution in [0, 0.1) is 0 Å². The molecule has 82 valence electrons. The molecule has 1 aromatic rings. The van der Waals surface area contributed by atoms with Crippen LogP contribution in [-0.2, 0) is 0 Å². The molecule has 1 atom stereocenters. The fraction of sp³-hybridized carbons (Fsp3) is 0.500. The van der Waals surface area contributed by atoms with Crippen LogP contribution in [0.3, 0.4) is 0 Å². The summed E-state index contributed by atoms with van der Waals surface area (Å²) in [5, 5.41) is 12.4. The van der Waals surface area contributed by atoms with Crippen molar-refractivity contribution in [1.29, 1.82) is 0 Å². The number of nitrogens with one attached hydrogen (secondary N) is 1. The minimum atomic E-state index is -0.202. The van der Waals surface area contributed by atoms with E-state index in [2.05, 4.69) is 22.9 Å². The molecule has 2 N–H and O–H groups in total. The van der Waals surface area contributed by atoms with Crippen LogP contribution in [0.25, 0.3) is 0 Å². The molecule has 0 bridgehead atoms. The van der Waals surface area contributed by atoms with Gasteiger partial charge in [0.2, 0.25) is 0 Å². The van der Waals surface area contributed by atoms with Gasteiger partial charge in [0.1, 0.15) is 11.6 Å². The molecule has 5 heteroatoms. The molecule has 0 saturated carbocycles. The van der Waals surface area contributed by atoms with Crippen molar-refractivity contribution in [2.75, 3.05) is 23.3 Å². The number of nitrogens with zero attached hydrogens (tertiary/aromatic N) is 2. The Kier molecular flexibility index (Phi) is 3.02. The van der Waals surface area contributed by atoms with Crippen molar-refractivity contribution < 1.29 is 5.11 Å². The normalized spacial score (nSPS) is 18.5. The number of hydrogen-bond acceptors (Lipinski definition) is 5. The van der Waals surface area contributed by atoms with E-state index in [0.29, 0.717) is 13.1 Å². The second-order valence-corrected chi connectivity index (χ2v) is 4.53. The van der Waals surface area contributed by atoms with Crippen LogP contribution < -0.4 is 10.2 Å². The van der Waals surface area contributed by atoms with E-state index in [1.807, 2.05) is 30.0 Å². The Balaban J connectivity index is 2.06. The number of aliphatic hydroxyl groups excluding tert-OH is 1. The molecule has 1 aliphatic rings. The summed E-state index contributed by atoms with van der Waals surface area (Å²) in [4.78, 5) is 6.46. The van der Waals surface area contributed by atoms with E-state index >= 15 is 0 Å². The maximum absolute atomic E-state index is 9.20. The molecule has 1 unspecified atom stereocenters. The van der Waals surface area contributed by atoms with Crippen LogP contribution >= 0.6 is 12.6 Å². The van der Waals surface area contributed by atoms with Gasteiger partial charge in [-0.15, -0.1) is 0 Å². The van der Waals surface area contributed by atoms with Gasteiger partial charge < -0.3 is 15.3 Å². The summed E-state index contributed by atoms with van der Waals surface area (Å²) in [5.41, 5.74) is 0. The van der Waals surface area contributed by atoms with Crippen molar-refractivity contribution in [3.63, 3.8) is 0 Å². The lowest BCUT2D eigenvalue weighted by Crippen LogP contribution is -2.51. The van der Waals surface area contributed by atoms with Gasteiger partial charge in [0.05, 0.1) is 11.5 Å². The second kappa shape index (κ2) is 4.28. The van der Waals surface area contributed by atoms with Crippen LogP contribution in [0.4, 0.5) is 11.6 Å². The van der Waals surface area contributed by atoms with Gasteiger partial charge in [0.15, 0.2) is 0 Å². The van der Waals surface area contributed by atoms with Crippen molar-refractivity contribution in [1.82, 2.24) is 4.98 Å². The van der Waals surface area contributed by atoms with Gasteiger partial charge in [-0.3, -0.25) is 0 Å². The molecule has 4 nitrogen and oxygen atoms in total. The van der Waals surface area contributed by atoms with E-state index in [1.54, 1.807) is 0 Å². The van der Waals surface area contributed by atoms with Crippen LogP contribution in [0.15, 0.2) is 18.2 Å². The molecule has 0 amide bonds. The van der Waals surface area contributed by atoms with E-state index in [4.69, 9.17) is 0 Å². The van der Waals surface area contributed by atoms with E-state index in [9.17, 15) is 5.11 Å². The predicted octanol–water partition coefficient (Wildman–Crippen LogP) is 0.950. The summed E-state index contributed by atoms with van der Waals surface area (Å²) in [6.07, 6.45) is -0.202. The molecule has 1 fully saturated rings. The minimum absolute atomic E-state index is 0.0785. The first-order chi connectivity index (χ1) is 7.15. The third-order valence-corrected chi connectivity index (χ3v) is 2.41. The number of aliphatic hydroxyl groups is 1. The van der Waals surface area contributed by atoms with Crippen molar-refractivity contribution in [2.24, 2.45) is 0 Å². The number of pyridine rings is 1. The average molecular weight is 225 g/mol. The highest BCUT2D eigenvalue weighted by molar-refractivity contribution is 7.81. The molecule has 15 heavy (non-hydrogen) atoms. The van der Waals surface area contributed by atoms with Gasteiger partial charge in [-0.25, -0.2) is 4.98 Å². The fourth-order valence-corrected chi connectivity index (χ4v) is 1.67. The van der Waals surface area contributed by atoms with Gasteiger partial charge in [0, 0.05) is 13.1 Å².